The van der Waals surface area contributed by atoms with Gasteiger partial charge in [-0.05, 0) is 12.8 Å². The van der Waals surface area contributed by atoms with Gasteiger partial charge >= 0.3 is 0 Å². The predicted molar refractivity (Wildman–Crippen MR) is 58.7 cm³/mol. The number of methoxy groups -OCH3 is 1. The van der Waals surface area contributed by atoms with E-state index in [0.29, 0.717) is 13.2 Å². The summed E-state index contributed by atoms with van der Waals surface area (Å²) in [7, 11) is 1.67. The van der Waals surface area contributed by atoms with Crippen molar-refractivity contribution in [3.05, 3.63) is 0 Å². The zero-order valence-corrected chi connectivity index (χ0v) is 9.29. The van der Waals surface area contributed by atoms with E-state index < -0.39 is 0 Å². The van der Waals surface area contributed by atoms with Gasteiger partial charge in [-0.1, -0.05) is 6.92 Å². The molecule has 4 nitrogen and oxygen atoms in total. The summed E-state index contributed by atoms with van der Waals surface area (Å²) in [5.41, 5.74) is 5.64. The maximum Gasteiger partial charge on any atom is 0.0936 e. The Balaban J connectivity index is 3.15. The lowest BCUT2D eigenvalue weighted by Gasteiger charge is -2.02. The highest BCUT2D eigenvalue weighted by atomic mass is 16.5. The van der Waals surface area contributed by atoms with E-state index in [2.05, 4.69) is 11.9 Å². The summed E-state index contributed by atoms with van der Waals surface area (Å²) in [4.78, 5) is 4.21. The number of ether oxygens (including phenoxy) is 2. The van der Waals surface area contributed by atoms with Crippen molar-refractivity contribution in [3.63, 3.8) is 0 Å². The summed E-state index contributed by atoms with van der Waals surface area (Å²) in [5, 5.41) is 0. The Labute approximate surface area is 86.5 Å². The molecule has 0 saturated heterocycles. The highest BCUT2D eigenvalue weighted by Crippen LogP contribution is 1.89. The van der Waals surface area contributed by atoms with Crippen LogP contribution in [0, 0.1) is 0 Å². The molecular weight excluding hydrogens is 180 g/mol. The van der Waals surface area contributed by atoms with Crippen molar-refractivity contribution in [1.29, 1.82) is 0 Å². The van der Waals surface area contributed by atoms with Crippen LogP contribution in [-0.2, 0) is 9.47 Å². The Bertz CT molecular complexity index is 149. The fourth-order valence-electron chi connectivity index (χ4n) is 0.969. The lowest BCUT2D eigenvalue weighted by Crippen LogP contribution is -2.12. The number of rotatable bonds is 9. The van der Waals surface area contributed by atoms with Crippen LogP contribution < -0.4 is 5.73 Å². The molecule has 0 aromatic heterocycles. The molecule has 0 unspecified atom stereocenters. The number of hydrogen-bond acceptors (Lipinski definition) is 3. The minimum atomic E-state index is 0.654. The van der Waals surface area contributed by atoms with Gasteiger partial charge in [0.1, 0.15) is 0 Å². The van der Waals surface area contributed by atoms with Crippen LogP contribution in [0.4, 0.5) is 0 Å². The molecule has 0 bridgehead atoms. The summed E-state index contributed by atoms with van der Waals surface area (Å²) < 4.78 is 10.1. The Morgan fingerprint density at radius 3 is 2.71 bits per heavy atom. The van der Waals surface area contributed by atoms with Gasteiger partial charge in [-0.3, -0.25) is 4.99 Å². The SMILES string of the molecule is CCCC(N)=NCCCOCCOC. The molecule has 0 fully saturated rings. The van der Waals surface area contributed by atoms with Crippen molar-refractivity contribution < 1.29 is 9.47 Å². The largest absolute Gasteiger partial charge is 0.387 e. The first kappa shape index (κ1) is 13.4. The first-order valence-electron chi connectivity index (χ1n) is 5.16. The second-order valence-electron chi connectivity index (χ2n) is 3.08. The van der Waals surface area contributed by atoms with Gasteiger partial charge in [-0.25, -0.2) is 0 Å². The quantitative estimate of drug-likeness (QED) is 0.347. The van der Waals surface area contributed by atoms with E-state index in [0.717, 1.165) is 38.2 Å². The highest BCUT2D eigenvalue weighted by molar-refractivity contribution is 5.80. The van der Waals surface area contributed by atoms with E-state index in [1.807, 2.05) is 0 Å². The third kappa shape index (κ3) is 9.48. The zero-order valence-electron chi connectivity index (χ0n) is 9.29. The first-order chi connectivity index (χ1) is 6.81. The first-order valence-corrected chi connectivity index (χ1v) is 5.16. The Hall–Kier alpha value is -0.610. The van der Waals surface area contributed by atoms with Gasteiger partial charge in [0.2, 0.25) is 0 Å². The lowest BCUT2D eigenvalue weighted by atomic mass is 10.3. The maximum absolute atomic E-state index is 5.64. The molecule has 0 aromatic rings. The number of nitrogens with zero attached hydrogens (tertiary/aromatic N) is 1. The fourth-order valence-corrected chi connectivity index (χ4v) is 0.969. The predicted octanol–water partition coefficient (Wildman–Crippen LogP) is 1.20. The average molecular weight is 202 g/mol. The van der Waals surface area contributed by atoms with Crippen LogP contribution in [0.1, 0.15) is 26.2 Å². The molecule has 84 valence electrons. The number of hydrogen-bond donors (Lipinski definition) is 1. The Kier molecular flexibility index (Phi) is 10.0. The van der Waals surface area contributed by atoms with Gasteiger partial charge < -0.3 is 15.2 Å². The molecule has 0 aliphatic heterocycles. The minimum absolute atomic E-state index is 0.654. The average Bonchev–Trinajstić information content (AvgIpc) is 2.17. The molecule has 4 heteroatoms. The Morgan fingerprint density at radius 2 is 2.07 bits per heavy atom. The van der Waals surface area contributed by atoms with E-state index in [9.17, 15) is 0 Å². The van der Waals surface area contributed by atoms with Gasteiger partial charge in [0.05, 0.1) is 19.0 Å². The topological polar surface area (TPSA) is 56.8 Å². The van der Waals surface area contributed by atoms with Crippen LogP contribution in [0.3, 0.4) is 0 Å². The van der Waals surface area contributed by atoms with Crippen molar-refractivity contribution in [2.75, 3.05) is 33.5 Å². The van der Waals surface area contributed by atoms with Crippen LogP contribution >= 0.6 is 0 Å². The van der Waals surface area contributed by atoms with E-state index in [-0.39, 0.29) is 0 Å². The summed E-state index contributed by atoms with van der Waals surface area (Å²) >= 11 is 0. The zero-order chi connectivity index (χ0) is 10.6. The van der Waals surface area contributed by atoms with Crippen molar-refractivity contribution in [1.82, 2.24) is 0 Å². The summed E-state index contributed by atoms with van der Waals surface area (Å²) in [6, 6.07) is 0. The second kappa shape index (κ2) is 10.5. The minimum Gasteiger partial charge on any atom is -0.387 e. The third-order valence-electron chi connectivity index (χ3n) is 1.70. The van der Waals surface area contributed by atoms with Crippen LogP contribution in [0.25, 0.3) is 0 Å². The molecule has 14 heavy (non-hydrogen) atoms. The molecule has 0 rings (SSSR count). The summed E-state index contributed by atoms with van der Waals surface area (Å²) in [6.07, 6.45) is 2.87. The molecule has 0 radical (unpaired) electrons. The molecular formula is C10H22N2O2. The van der Waals surface area contributed by atoms with Crippen molar-refractivity contribution in [2.24, 2.45) is 10.7 Å². The molecule has 0 aliphatic carbocycles. The normalized spacial score (nSPS) is 12.0. The van der Waals surface area contributed by atoms with Gasteiger partial charge in [-0.2, -0.15) is 0 Å². The fraction of sp³-hybridized carbons (Fsp3) is 0.900. The molecule has 0 saturated carbocycles. The van der Waals surface area contributed by atoms with Crippen molar-refractivity contribution in [3.8, 4) is 0 Å². The van der Waals surface area contributed by atoms with E-state index in [1.54, 1.807) is 7.11 Å². The van der Waals surface area contributed by atoms with Crippen molar-refractivity contribution >= 4 is 5.84 Å². The molecule has 0 heterocycles. The summed E-state index contributed by atoms with van der Waals surface area (Å²) in [6.45, 7) is 4.90. The van der Waals surface area contributed by atoms with Gasteiger partial charge in [-0.15, -0.1) is 0 Å². The third-order valence-corrected chi connectivity index (χ3v) is 1.70. The molecule has 0 amide bonds. The highest BCUT2D eigenvalue weighted by Gasteiger charge is 1.90. The monoisotopic (exact) mass is 202 g/mol. The van der Waals surface area contributed by atoms with E-state index in [1.165, 1.54) is 0 Å². The molecule has 2 N–H and O–H groups in total. The Morgan fingerprint density at radius 1 is 1.29 bits per heavy atom. The van der Waals surface area contributed by atoms with Crippen LogP contribution in [0.5, 0.6) is 0 Å². The van der Waals surface area contributed by atoms with Gasteiger partial charge in [0.15, 0.2) is 0 Å². The van der Waals surface area contributed by atoms with E-state index >= 15 is 0 Å². The molecule has 0 spiro atoms. The lowest BCUT2D eigenvalue weighted by molar-refractivity contribution is 0.0702. The van der Waals surface area contributed by atoms with Crippen LogP contribution in [-0.4, -0.2) is 39.3 Å². The number of aliphatic imine (C=N–C) groups is 1. The second-order valence-corrected chi connectivity index (χ2v) is 3.08. The number of nitrogens with two attached hydrogens (primary N) is 1. The molecule has 0 aromatic carbocycles. The van der Waals surface area contributed by atoms with E-state index in [4.69, 9.17) is 15.2 Å². The molecule has 0 aliphatic rings. The smallest absolute Gasteiger partial charge is 0.0936 e. The maximum atomic E-state index is 5.64. The number of amidine groups is 1. The van der Waals surface area contributed by atoms with Crippen LogP contribution in [0.15, 0.2) is 4.99 Å². The standard InChI is InChI=1S/C10H22N2O2/c1-3-5-10(11)12-6-4-7-14-9-8-13-2/h3-9H2,1-2H3,(H2,11,12). The summed E-state index contributed by atoms with van der Waals surface area (Å²) in [5.74, 6) is 0.754. The molecule has 0 atom stereocenters. The van der Waals surface area contributed by atoms with Gasteiger partial charge in [0.25, 0.3) is 0 Å². The van der Waals surface area contributed by atoms with Crippen molar-refractivity contribution in [2.45, 2.75) is 26.2 Å². The van der Waals surface area contributed by atoms with Crippen LogP contribution in [0.2, 0.25) is 0 Å². The van der Waals surface area contributed by atoms with Gasteiger partial charge in [0, 0.05) is 26.7 Å².